The van der Waals surface area contributed by atoms with Gasteiger partial charge in [-0.2, -0.15) is 5.10 Å². The molecular weight excluding hydrogens is 254 g/mol. The first-order valence-electron chi connectivity index (χ1n) is 6.60. The van der Waals surface area contributed by atoms with E-state index >= 15 is 0 Å². The molecule has 1 N–H and O–H groups in total. The number of aryl methyl sites for hydroxylation is 2. The number of rotatable bonds is 6. The maximum absolute atomic E-state index is 4.26. The molecule has 0 saturated carbocycles. The zero-order valence-electron chi connectivity index (χ0n) is 11.8. The molecule has 0 aliphatic rings. The largest absolute Gasteiger partial charge is 0.309 e. The number of benzene rings is 1. The fourth-order valence-corrected chi connectivity index (χ4v) is 3.14. The quantitative estimate of drug-likeness (QED) is 0.821. The molecule has 1 aromatic heterocycles. The Hall–Kier alpha value is -1.26. The van der Waals surface area contributed by atoms with Gasteiger partial charge in [-0.05, 0) is 25.6 Å². The molecule has 2 rings (SSSR count). The first kappa shape index (κ1) is 14.2. The number of aromatic nitrogens is 2. The predicted octanol–water partition coefficient (Wildman–Crippen LogP) is 3.17. The lowest BCUT2D eigenvalue weighted by Gasteiger charge is -2.16. The molecule has 0 bridgehead atoms. The van der Waals surface area contributed by atoms with Gasteiger partial charge in [0.15, 0.2) is 0 Å². The molecule has 19 heavy (non-hydrogen) atoms. The molecule has 0 saturated heterocycles. The zero-order chi connectivity index (χ0) is 13.7. The summed E-state index contributed by atoms with van der Waals surface area (Å²) < 4.78 is 1.86. The van der Waals surface area contributed by atoms with E-state index in [2.05, 4.69) is 54.7 Å². The normalized spacial score (nSPS) is 12.6. The molecule has 0 fully saturated rings. The van der Waals surface area contributed by atoms with Crippen molar-refractivity contribution in [3.63, 3.8) is 0 Å². The third kappa shape index (κ3) is 4.11. The van der Waals surface area contributed by atoms with E-state index < -0.39 is 0 Å². The van der Waals surface area contributed by atoms with Crippen LogP contribution in [-0.2, 0) is 7.05 Å². The van der Waals surface area contributed by atoms with Crippen LogP contribution in [0.3, 0.4) is 0 Å². The molecule has 1 atom stereocenters. The Morgan fingerprint density at radius 1 is 1.42 bits per heavy atom. The van der Waals surface area contributed by atoms with Crippen molar-refractivity contribution in [1.29, 1.82) is 0 Å². The van der Waals surface area contributed by atoms with E-state index in [4.69, 9.17) is 0 Å². The van der Waals surface area contributed by atoms with Gasteiger partial charge in [-0.25, -0.2) is 0 Å². The van der Waals surface area contributed by atoms with E-state index in [1.165, 1.54) is 16.0 Å². The van der Waals surface area contributed by atoms with Crippen LogP contribution in [-0.4, -0.2) is 22.1 Å². The maximum Gasteiger partial charge on any atom is 0.0537 e. The summed E-state index contributed by atoms with van der Waals surface area (Å²) in [7, 11) is 1.96. The first-order valence-corrected chi connectivity index (χ1v) is 7.59. The Bertz CT molecular complexity index is 522. The van der Waals surface area contributed by atoms with Crippen LogP contribution < -0.4 is 5.32 Å². The summed E-state index contributed by atoms with van der Waals surface area (Å²) in [4.78, 5) is 1.33. The fraction of sp³-hybridized carbons (Fsp3) is 0.400. The Kier molecular flexibility index (Phi) is 5.05. The molecule has 0 aliphatic carbocycles. The molecule has 3 nitrogen and oxygen atoms in total. The highest BCUT2D eigenvalue weighted by molar-refractivity contribution is 7.99. The van der Waals surface area contributed by atoms with Crippen LogP contribution in [0.1, 0.15) is 24.1 Å². The van der Waals surface area contributed by atoms with Crippen molar-refractivity contribution in [2.45, 2.75) is 24.8 Å². The van der Waals surface area contributed by atoms with Crippen molar-refractivity contribution in [3.05, 3.63) is 47.8 Å². The molecule has 1 aromatic carbocycles. The maximum atomic E-state index is 4.26. The van der Waals surface area contributed by atoms with Gasteiger partial charge in [0.2, 0.25) is 0 Å². The minimum absolute atomic E-state index is 0.351. The van der Waals surface area contributed by atoms with Gasteiger partial charge < -0.3 is 5.32 Å². The molecule has 1 heterocycles. The van der Waals surface area contributed by atoms with E-state index in [0.717, 1.165) is 12.3 Å². The van der Waals surface area contributed by atoms with E-state index in [0.29, 0.717) is 6.04 Å². The van der Waals surface area contributed by atoms with Gasteiger partial charge in [-0.3, -0.25) is 4.68 Å². The molecule has 2 aromatic rings. The minimum Gasteiger partial charge on any atom is -0.309 e. The van der Waals surface area contributed by atoms with Gasteiger partial charge in [0, 0.05) is 35.5 Å². The van der Waals surface area contributed by atoms with Crippen LogP contribution in [0.2, 0.25) is 0 Å². The van der Waals surface area contributed by atoms with Crippen LogP contribution in [0.15, 0.2) is 41.6 Å². The second-order valence-corrected chi connectivity index (χ2v) is 5.78. The monoisotopic (exact) mass is 275 g/mol. The van der Waals surface area contributed by atoms with Gasteiger partial charge >= 0.3 is 0 Å². The standard InChI is InChI=1S/C15H21N3S/c1-4-16-15(13-9-17-18(3)10-13)11-19-14-7-5-6-12(2)8-14/h5-10,15-16H,4,11H2,1-3H3. The Morgan fingerprint density at radius 3 is 2.89 bits per heavy atom. The van der Waals surface area contributed by atoms with Crippen LogP contribution in [0.25, 0.3) is 0 Å². The summed E-state index contributed by atoms with van der Waals surface area (Å²) in [5.41, 5.74) is 2.57. The molecule has 1 unspecified atom stereocenters. The van der Waals surface area contributed by atoms with Crippen molar-refractivity contribution in [2.24, 2.45) is 7.05 Å². The van der Waals surface area contributed by atoms with Crippen LogP contribution in [0.5, 0.6) is 0 Å². The second kappa shape index (κ2) is 6.78. The van der Waals surface area contributed by atoms with E-state index in [1.54, 1.807) is 0 Å². The highest BCUT2D eigenvalue weighted by Crippen LogP contribution is 2.25. The van der Waals surface area contributed by atoms with Gasteiger partial charge in [0.05, 0.1) is 6.20 Å². The van der Waals surface area contributed by atoms with Crippen LogP contribution in [0.4, 0.5) is 0 Å². The third-order valence-electron chi connectivity index (χ3n) is 2.98. The average molecular weight is 275 g/mol. The van der Waals surface area contributed by atoms with Gasteiger partial charge in [-0.15, -0.1) is 11.8 Å². The first-order chi connectivity index (χ1) is 9.19. The highest BCUT2D eigenvalue weighted by atomic mass is 32.2. The summed E-state index contributed by atoms with van der Waals surface area (Å²) in [6.45, 7) is 5.24. The molecule has 0 aliphatic heterocycles. The molecule has 0 radical (unpaired) electrons. The molecule has 102 valence electrons. The number of nitrogens with zero attached hydrogens (tertiary/aromatic N) is 2. The van der Waals surface area contributed by atoms with E-state index in [1.807, 2.05) is 29.7 Å². The summed E-state index contributed by atoms with van der Waals surface area (Å²) in [6, 6.07) is 9.00. The van der Waals surface area contributed by atoms with E-state index in [-0.39, 0.29) is 0 Å². The van der Waals surface area contributed by atoms with Crippen molar-refractivity contribution in [3.8, 4) is 0 Å². The lowest BCUT2D eigenvalue weighted by Crippen LogP contribution is -2.22. The van der Waals surface area contributed by atoms with Crippen molar-refractivity contribution >= 4 is 11.8 Å². The highest BCUT2D eigenvalue weighted by Gasteiger charge is 2.12. The SMILES string of the molecule is CCNC(CSc1cccc(C)c1)c1cnn(C)c1. The molecule has 0 spiro atoms. The lowest BCUT2D eigenvalue weighted by atomic mass is 10.2. The topological polar surface area (TPSA) is 29.9 Å². The van der Waals surface area contributed by atoms with Crippen molar-refractivity contribution in [1.82, 2.24) is 15.1 Å². The Morgan fingerprint density at radius 2 is 2.26 bits per heavy atom. The molecule has 4 heteroatoms. The van der Waals surface area contributed by atoms with Crippen molar-refractivity contribution in [2.75, 3.05) is 12.3 Å². The smallest absolute Gasteiger partial charge is 0.0537 e. The number of hydrogen-bond donors (Lipinski definition) is 1. The summed E-state index contributed by atoms with van der Waals surface area (Å²) in [6.07, 6.45) is 4.04. The third-order valence-corrected chi connectivity index (χ3v) is 4.07. The summed E-state index contributed by atoms with van der Waals surface area (Å²) in [5, 5.41) is 7.78. The minimum atomic E-state index is 0.351. The average Bonchev–Trinajstić information content (AvgIpc) is 2.81. The predicted molar refractivity (Wildman–Crippen MR) is 81.5 cm³/mol. The number of thioether (sulfide) groups is 1. The Labute approximate surface area is 119 Å². The van der Waals surface area contributed by atoms with Crippen molar-refractivity contribution < 1.29 is 0 Å². The molecular formula is C15H21N3S. The van der Waals surface area contributed by atoms with Crippen LogP contribution in [0, 0.1) is 6.92 Å². The second-order valence-electron chi connectivity index (χ2n) is 4.69. The molecule has 0 amide bonds. The number of hydrogen-bond acceptors (Lipinski definition) is 3. The van der Waals surface area contributed by atoms with Crippen LogP contribution >= 0.6 is 11.8 Å². The number of nitrogens with one attached hydrogen (secondary N) is 1. The summed E-state index contributed by atoms with van der Waals surface area (Å²) in [5.74, 6) is 1.02. The Balaban J connectivity index is 2.01. The van der Waals surface area contributed by atoms with Gasteiger partial charge in [-0.1, -0.05) is 24.6 Å². The van der Waals surface area contributed by atoms with E-state index in [9.17, 15) is 0 Å². The lowest BCUT2D eigenvalue weighted by molar-refractivity contribution is 0.605. The zero-order valence-corrected chi connectivity index (χ0v) is 12.6. The fourth-order valence-electron chi connectivity index (χ4n) is 2.02. The summed E-state index contributed by atoms with van der Waals surface area (Å²) >= 11 is 1.89. The van der Waals surface area contributed by atoms with Gasteiger partial charge in [0.1, 0.15) is 0 Å². The van der Waals surface area contributed by atoms with Gasteiger partial charge in [0.25, 0.3) is 0 Å².